The van der Waals surface area contributed by atoms with Gasteiger partial charge in [0.2, 0.25) is 5.91 Å². The van der Waals surface area contributed by atoms with Gasteiger partial charge in [0.15, 0.2) is 0 Å². The molecule has 0 radical (unpaired) electrons. The summed E-state index contributed by atoms with van der Waals surface area (Å²) in [4.78, 5) is 16.9. The minimum absolute atomic E-state index is 0.0868. The number of benzene rings is 3. The number of rotatable bonds is 4. The van der Waals surface area contributed by atoms with Crippen LogP contribution in [0, 0.1) is 0 Å². The number of nitrogens with one attached hydrogen (secondary N) is 1. The lowest BCUT2D eigenvalue weighted by Gasteiger charge is -2.06. The maximum Gasteiger partial charge on any atom is 0.230 e. The molecule has 1 N–H and O–H groups in total. The van der Waals surface area contributed by atoms with Crippen LogP contribution in [0.4, 0.5) is 5.69 Å². The van der Waals surface area contributed by atoms with E-state index >= 15 is 0 Å². The molecule has 0 aliphatic rings. The molecule has 0 fully saturated rings. The van der Waals surface area contributed by atoms with Gasteiger partial charge < -0.3 is 5.32 Å². The SMILES string of the molecule is O=C(Cc1csc(-c2ccccc2Cl)n1)Nc1ccc2ccccc2c1. The molecular formula is C21H15ClN2OS. The minimum atomic E-state index is -0.0868. The van der Waals surface area contributed by atoms with Crippen LogP contribution in [-0.4, -0.2) is 10.9 Å². The molecule has 1 aromatic heterocycles. The number of halogens is 1. The predicted octanol–water partition coefficient (Wildman–Crippen LogP) is 5.80. The monoisotopic (exact) mass is 378 g/mol. The quantitative estimate of drug-likeness (QED) is 0.487. The molecule has 0 spiro atoms. The lowest BCUT2D eigenvalue weighted by Crippen LogP contribution is -2.14. The van der Waals surface area contributed by atoms with Crippen molar-refractivity contribution in [2.24, 2.45) is 0 Å². The van der Waals surface area contributed by atoms with Gasteiger partial charge >= 0.3 is 0 Å². The summed E-state index contributed by atoms with van der Waals surface area (Å²) in [5.41, 5.74) is 2.42. The van der Waals surface area contributed by atoms with Crippen molar-refractivity contribution in [2.45, 2.75) is 6.42 Å². The highest BCUT2D eigenvalue weighted by molar-refractivity contribution is 7.13. The molecule has 5 heteroatoms. The van der Waals surface area contributed by atoms with E-state index in [9.17, 15) is 4.79 Å². The van der Waals surface area contributed by atoms with Gasteiger partial charge in [-0.1, -0.05) is 60.1 Å². The standard InChI is InChI=1S/C21H15ClN2OS/c22-19-8-4-3-7-18(19)21-24-17(13-26-21)12-20(25)23-16-10-9-14-5-1-2-6-15(14)11-16/h1-11,13H,12H2,(H,23,25). The minimum Gasteiger partial charge on any atom is -0.326 e. The average molecular weight is 379 g/mol. The fourth-order valence-electron chi connectivity index (χ4n) is 2.78. The molecule has 0 saturated heterocycles. The fraction of sp³-hybridized carbons (Fsp3) is 0.0476. The Hall–Kier alpha value is -2.69. The highest BCUT2D eigenvalue weighted by Crippen LogP contribution is 2.30. The maximum atomic E-state index is 12.4. The molecule has 1 heterocycles. The normalized spacial score (nSPS) is 10.8. The zero-order valence-electron chi connectivity index (χ0n) is 13.8. The summed E-state index contributed by atoms with van der Waals surface area (Å²) in [6.07, 6.45) is 0.230. The van der Waals surface area contributed by atoms with Crippen molar-refractivity contribution in [1.29, 1.82) is 0 Å². The Kier molecular flexibility index (Phi) is 4.69. The number of carbonyl (C=O) groups excluding carboxylic acids is 1. The molecule has 0 aliphatic carbocycles. The van der Waals surface area contributed by atoms with Crippen LogP contribution < -0.4 is 5.32 Å². The first-order valence-electron chi connectivity index (χ1n) is 8.17. The van der Waals surface area contributed by atoms with Gasteiger partial charge in [-0.25, -0.2) is 4.98 Å². The van der Waals surface area contributed by atoms with Crippen molar-refractivity contribution in [3.05, 3.63) is 82.8 Å². The number of hydrogen-bond donors (Lipinski definition) is 1. The number of hydrogen-bond acceptors (Lipinski definition) is 3. The van der Waals surface area contributed by atoms with Crippen molar-refractivity contribution in [3.8, 4) is 10.6 Å². The zero-order chi connectivity index (χ0) is 17.9. The molecule has 1 amide bonds. The van der Waals surface area contributed by atoms with Crippen molar-refractivity contribution in [2.75, 3.05) is 5.32 Å². The van der Waals surface area contributed by atoms with Crippen molar-refractivity contribution in [3.63, 3.8) is 0 Å². The van der Waals surface area contributed by atoms with Crippen LogP contribution in [-0.2, 0) is 11.2 Å². The van der Waals surface area contributed by atoms with Crippen LogP contribution >= 0.6 is 22.9 Å². The predicted molar refractivity (Wildman–Crippen MR) is 109 cm³/mol. The summed E-state index contributed by atoms with van der Waals surface area (Å²) in [7, 11) is 0. The van der Waals surface area contributed by atoms with E-state index in [1.54, 1.807) is 0 Å². The molecule has 0 aliphatic heterocycles. The van der Waals surface area contributed by atoms with Gasteiger partial charge in [-0.2, -0.15) is 0 Å². The summed E-state index contributed by atoms with van der Waals surface area (Å²) >= 11 is 7.71. The smallest absolute Gasteiger partial charge is 0.230 e. The fourth-order valence-corrected chi connectivity index (χ4v) is 3.92. The number of carbonyl (C=O) groups is 1. The second-order valence-electron chi connectivity index (χ2n) is 5.91. The highest BCUT2D eigenvalue weighted by atomic mass is 35.5. The first-order chi connectivity index (χ1) is 12.7. The Balaban J connectivity index is 1.47. The molecule has 3 aromatic carbocycles. The Morgan fingerprint density at radius 1 is 1.00 bits per heavy atom. The van der Waals surface area contributed by atoms with Gasteiger partial charge in [-0.05, 0) is 29.0 Å². The Labute approximate surface area is 160 Å². The number of anilines is 1. The van der Waals surface area contributed by atoms with Gasteiger partial charge in [0.25, 0.3) is 0 Å². The van der Waals surface area contributed by atoms with Crippen LogP contribution in [0.25, 0.3) is 21.3 Å². The van der Waals surface area contributed by atoms with Crippen molar-refractivity contribution < 1.29 is 4.79 Å². The molecule has 3 nitrogen and oxygen atoms in total. The van der Waals surface area contributed by atoms with E-state index in [1.165, 1.54) is 11.3 Å². The van der Waals surface area contributed by atoms with Gasteiger partial charge in [-0.15, -0.1) is 11.3 Å². The number of nitrogens with zero attached hydrogens (tertiary/aromatic N) is 1. The lowest BCUT2D eigenvalue weighted by atomic mass is 10.1. The van der Waals surface area contributed by atoms with Gasteiger partial charge in [0.05, 0.1) is 17.1 Å². The second-order valence-corrected chi connectivity index (χ2v) is 7.18. The van der Waals surface area contributed by atoms with E-state index in [1.807, 2.05) is 72.1 Å². The van der Waals surface area contributed by atoms with Crippen molar-refractivity contribution >= 4 is 45.3 Å². The molecule has 4 aromatic rings. The lowest BCUT2D eigenvalue weighted by molar-refractivity contribution is -0.115. The van der Waals surface area contributed by atoms with Gasteiger partial charge in [0, 0.05) is 16.6 Å². The summed E-state index contributed by atoms with van der Waals surface area (Å²) in [6, 6.07) is 21.5. The number of thiazole rings is 1. The van der Waals surface area contributed by atoms with Crippen LogP contribution in [0.15, 0.2) is 72.1 Å². The molecule has 4 rings (SSSR count). The summed E-state index contributed by atoms with van der Waals surface area (Å²) in [6.45, 7) is 0. The molecular weight excluding hydrogens is 364 g/mol. The van der Waals surface area contributed by atoms with E-state index in [0.29, 0.717) is 5.02 Å². The molecule has 0 saturated carbocycles. The van der Waals surface area contributed by atoms with Gasteiger partial charge in [0.1, 0.15) is 5.01 Å². The van der Waals surface area contributed by atoms with Crippen molar-refractivity contribution in [1.82, 2.24) is 4.98 Å². The van der Waals surface area contributed by atoms with Crippen LogP contribution in [0.2, 0.25) is 5.02 Å². The Bertz CT molecular complexity index is 1090. The number of aromatic nitrogens is 1. The van der Waals surface area contributed by atoms with E-state index in [2.05, 4.69) is 10.3 Å². The van der Waals surface area contributed by atoms with E-state index in [-0.39, 0.29) is 12.3 Å². The van der Waals surface area contributed by atoms with E-state index in [0.717, 1.165) is 32.7 Å². The number of amides is 1. The summed E-state index contributed by atoms with van der Waals surface area (Å²) < 4.78 is 0. The van der Waals surface area contributed by atoms with Gasteiger partial charge in [-0.3, -0.25) is 4.79 Å². The molecule has 0 unspecified atom stereocenters. The highest BCUT2D eigenvalue weighted by Gasteiger charge is 2.11. The van der Waals surface area contributed by atoms with E-state index < -0.39 is 0 Å². The number of fused-ring (bicyclic) bond motifs is 1. The average Bonchev–Trinajstić information content (AvgIpc) is 3.10. The Morgan fingerprint density at radius 3 is 2.62 bits per heavy atom. The molecule has 26 heavy (non-hydrogen) atoms. The summed E-state index contributed by atoms with van der Waals surface area (Å²) in [5, 5.41) is 8.57. The molecule has 0 bridgehead atoms. The van der Waals surface area contributed by atoms with Crippen LogP contribution in [0.5, 0.6) is 0 Å². The third-order valence-corrected chi connectivity index (χ3v) is 5.28. The first kappa shape index (κ1) is 16.8. The Morgan fingerprint density at radius 2 is 1.77 bits per heavy atom. The third kappa shape index (κ3) is 3.62. The first-order valence-corrected chi connectivity index (χ1v) is 9.43. The third-order valence-electron chi connectivity index (χ3n) is 4.03. The zero-order valence-corrected chi connectivity index (χ0v) is 15.3. The molecule has 0 atom stereocenters. The topological polar surface area (TPSA) is 42.0 Å². The second kappa shape index (κ2) is 7.28. The van der Waals surface area contributed by atoms with Crippen LogP contribution in [0.3, 0.4) is 0 Å². The molecule has 128 valence electrons. The van der Waals surface area contributed by atoms with E-state index in [4.69, 9.17) is 11.6 Å². The van der Waals surface area contributed by atoms with Crippen LogP contribution in [0.1, 0.15) is 5.69 Å². The maximum absolute atomic E-state index is 12.4. The largest absolute Gasteiger partial charge is 0.326 e. The summed E-state index contributed by atoms with van der Waals surface area (Å²) in [5.74, 6) is -0.0868.